The molecular formula is C18H17NO. The summed E-state index contributed by atoms with van der Waals surface area (Å²) in [5.74, 6) is 0.925. The van der Waals surface area contributed by atoms with Gasteiger partial charge in [0.1, 0.15) is 12.4 Å². The third-order valence-corrected chi connectivity index (χ3v) is 3.34. The van der Waals surface area contributed by atoms with E-state index in [-0.39, 0.29) is 0 Å². The molecule has 2 heteroatoms. The molecule has 0 saturated heterocycles. The summed E-state index contributed by atoms with van der Waals surface area (Å²) in [6.07, 6.45) is 3.97. The molecule has 3 aromatic rings. The van der Waals surface area contributed by atoms with Crippen LogP contribution in [0, 0.1) is 0 Å². The van der Waals surface area contributed by atoms with E-state index in [4.69, 9.17) is 4.74 Å². The van der Waals surface area contributed by atoms with Crippen molar-refractivity contribution >= 4 is 10.9 Å². The maximum absolute atomic E-state index is 5.96. The largest absolute Gasteiger partial charge is 0.488 e. The lowest BCUT2D eigenvalue weighted by Crippen LogP contribution is -1.96. The van der Waals surface area contributed by atoms with Crippen LogP contribution in [0.1, 0.15) is 5.56 Å². The smallest absolute Gasteiger partial charge is 0.129 e. The van der Waals surface area contributed by atoms with E-state index in [0.717, 1.165) is 17.7 Å². The summed E-state index contributed by atoms with van der Waals surface area (Å²) in [6.45, 7) is 5.19. The van der Waals surface area contributed by atoms with Gasteiger partial charge in [-0.3, -0.25) is 0 Å². The summed E-state index contributed by atoms with van der Waals surface area (Å²) in [5.41, 5.74) is 2.35. The summed E-state index contributed by atoms with van der Waals surface area (Å²) in [5, 5.41) is 1.14. The van der Waals surface area contributed by atoms with E-state index < -0.39 is 0 Å². The molecule has 0 bridgehead atoms. The molecule has 0 aliphatic heterocycles. The Bertz CT molecular complexity index is 713. The van der Waals surface area contributed by atoms with Crippen LogP contribution in [-0.4, -0.2) is 4.57 Å². The minimum atomic E-state index is 0.590. The van der Waals surface area contributed by atoms with Crippen molar-refractivity contribution in [3.63, 3.8) is 0 Å². The number of rotatable bonds is 5. The molecule has 2 aromatic carbocycles. The fourth-order valence-electron chi connectivity index (χ4n) is 2.35. The second-order valence-corrected chi connectivity index (χ2v) is 4.72. The molecule has 20 heavy (non-hydrogen) atoms. The molecule has 0 unspecified atom stereocenters. The van der Waals surface area contributed by atoms with Gasteiger partial charge < -0.3 is 9.30 Å². The minimum absolute atomic E-state index is 0.590. The number of nitrogens with zero attached hydrogens (tertiary/aromatic N) is 1. The molecule has 1 aromatic heterocycles. The monoisotopic (exact) mass is 263 g/mol. The van der Waals surface area contributed by atoms with Crippen LogP contribution in [-0.2, 0) is 13.2 Å². The van der Waals surface area contributed by atoms with Gasteiger partial charge in [-0.2, -0.15) is 0 Å². The Hall–Kier alpha value is -2.48. The topological polar surface area (TPSA) is 14.2 Å². The number of aromatic nitrogens is 1. The van der Waals surface area contributed by atoms with Crippen molar-refractivity contribution in [1.82, 2.24) is 4.57 Å². The molecule has 0 saturated carbocycles. The summed E-state index contributed by atoms with van der Waals surface area (Å²) in [4.78, 5) is 0. The van der Waals surface area contributed by atoms with Crippen molar-refractivity contribution in [2.45, 2.75) is 13.2 Å². The molecule has 0 fully saturated rings. The molecule has 0 aliphatic rings. The van der Waals surface area contributed by atoms with Crippen molar-refractivity contribution in [1.29, 1.82) is 0 Å². The zero-order valence-corrected chi connectivity index (χ0v) is 11.3. The first-order valence-electron chi connectivity index (χ1n) is 6.74. The van der Waals surface area contributed by atoms with E-state index in [2.05, 4.69) is 41.6 Å². The Morgan fingerprint density at radius 1 is 1.00 bits per heavy atom. The summed E-state index contributed by atoms with van der Waals surface area (Å²) < 4.78 is 8.12. The van der Waals surface area contributed by atoms with Gasteiger partial charge in [0.05, 0.1) is 5.52 Å². The number of ether oxygens (including phenoxy) is 1. The highest BCUT2D eigenvalue weighted by Crippen LogP contribution is 2.27. The SMILES string of the molecule is C=CCn1ccc2c(OCc3ccccc3)cccc21. The highest BCUT2D eigenvalue weighted by molar-refractivity contribution is 5.86. The maximum atomic E-state index is 5.96. The van der Waals surface area contributed by atoms with Crippen molar-refractivity contribution in [2.75, 3.05) is 0 Å². The van der Waals surface area contributed by atoms with Gasteiger partial charge in [-0.25, -0.2) is 0 Å². The number of hydrogen-bond donors (Lipinski definition) is 0. The first-order valence-corrected chi connectivity index (χ1v) is 6.74. The van der Waals surface area contributed by atoms with Gasteiger partial charge in [-0.1, -0.05) is 42.5 Å². The Labute approximate surface area is 118 Å². The Kier molecular flexibility index (Phi) is 3.55. The third-order valence-electron chi connectivity index (χ3n) is 3.34. The molecule has 0 atom stereocenters. The van der Waals surface area contributed by atoms with Crippen molar-refractivity contribution in [3.8, 4) is 5.75 Å². The zero-order chi connectivity index (χ0) is 13.8. The lowest BCUT2D eigenvalue weighted by Gasteiger charge is -2.08. The molecule has 3 rings (SSSR count). The van der Waals surface area contributed by atoms with Gasteiger partial charge in [0.25, 0.3) is 0 Å². The van der Waals surface area contributed by atoms with Gasteiger partial charge in [-0.15, -0.1) is 6.58 Å². The lowest BCUT2D eigenvalue weighted by atomic mass is 10.2. The van der Waals surface area contributed by atoms with Crippen LogP contribution in [0.25, 0.3) is 10.9 Å². The highest BCUT2D eigenvalue weighted by atomic mass is 16.5. The summed E-state index contributed by atoms with van der Waals surface area (Å²) >= 11 is 0. The van der Waals surface area contributed by atoms with Crippen LogP contribution in [0.15, 0.2) is 73.4 Å². The standard InChI is InChI=1S/C18H17NO/c1-2-12-19-13-11-16-17(19)9-6-10-18(16)20-14-15-7-4-3-5-8-15/h2-11,13H,1,12,14H2. The quantitative estimate of drug-likeness (QED) is 0.622. The van der Waals surface area contributed by atoms with Crippen LogP contribution < -0.4 is 4.74 Å². The Balaban J connectivity index is 1.86. The molecule has 0 N–H and O–H groups in total. The van der Waals surface area contributed by atoms with Crippen molar-refractivity contribution in [2.24, 2.45) is 0 Å². The number of fused-ring (bicyclic) bond motifs is 1. The zero-order valence-electron chi connectivity index (χ0n) is 11.3. The van der Waals surface area contributed by atoms with E-state index in [1.165, 1.54) is 11.1 Å². The summed E-state index contributed by atoms with van der Waals surface area (Å²) in [6, 6.07) is 18.5. The van der Waals surface area contributed by atoms with Crippen LogP contribution in [0.5, 0.6) is 5.75 Å². The normalized spacial score (nSPS) is 10.6. The third kappa shape index (κ3) is 2.45. The molecule has 1 heterocycles. The van der Waals surface area contributed by atoms with Crippen LogP contribution >= 0.6 is 0 Å². The second kappa shape index (κ2) is 5.66. The van der Waals surface area contributed by atoms with E-state index in [0.29, 0.717) is 6.61 Å². The first kappa shape index (κ1) is 12.5. The fourth-order valence-corrected chi connectivity index (χ4v) is 2.35. The van der Waals surface area contributed by atoms with Crippen LogP contribution in [0.3, 0.4) is 0 Å². The number of benzene rings is 2. The predicted octanol–water partition coefficient (Wildman–Crippen LogP) is 4.41. The van der Waals surface area contributed by atoms with E-state index in [1.807, 2.05) is 36.4 Å². The first-order chi connectivity index (χ1) is 9.88. The minimum Gasteiger partial charge on any atom is -0.488 e. The lowest BCUT2D eigenvalue weighted by molar-refractivity contribution is 0.310. The van der Waals surface area contributed by atoms with Gasteiger partial charge >= 0.3 is 0 Å². The van der Waals surface area contributed by atoms with E-state index in [9.17, 15) is 0 Å². The molecule has 100 valence electrons. The van der Waals surface area contributed by atoms with Crippen molar-refractivity contribution in [3.05, 3.63) is 79.0 Å². The predicted molar refractivity (Wildman–Crippen MR) is 82.9 cm³/mol. The molecule has 0 amide bonds. The molecule has 0 aliphatic carbocycles. The van der Waals surface area contributed by atoms with Gasteiger partial charge in [-0.05, 0) is 23.8 Å². The molecular weight excluding hydrogens is 246 g/mol. The van der Waals surface area contributed by atoms with Gasteiger partial charge in [0.2, 0.25) is 0 Å². The van der Waals surface area contributed by atoms with Crippen molar-refractivity contribution < 1.29 is 4.74 Å². The van der Waals surface area contributed by atoms with Gasteiger partial charge in [0, 0.05) is 18.1 Å². The number of allylic oxidation sites excluding steroid dienone is 1. The van der Waals surface area contributed by atoms with E-state index >= 15 is 0 Å². The number of hydrogen-bond acceptors (Lipinski definition) is 1. The maximum Gasteiger partial charge on any atom is 0.129 e. The Morgan fingerprint density at radius 3 is 2.65 bits per heavy atom. The average molecular weight is 263 g/mol. The summed E-state index contributed by atoms with van der Waals surface area (Å²) in [7, 11) is 0. The highest BCUT2D eigenvalue weighted by Gasteiger charge is 2.05. The van der Waals surface area contributed by atoms with Crippen LogP contribution in [0.4, 0.5) is 0 Å². The molecule has 0 spiro atoms. The Morgan fingerprint density at radius 2 is 1.85 bits per heavy atom. The molecule has 2 nitrogen and oxygen atoms in total. The molecule has 0 radical (unpaired) electrons. The second-order valence-electron chi connectivity index (χ2n) is 4.72. The van der Waals surface area contributed by atoms with Gasteiger partial charge in [0.15, 0.2) is 0 Å². The van der Waals surface area contributed by atoms with E-state index in [1.54, 1.807) is 0 Å². The fraction of sp³-hybridized carbons (Fsp3) is 0.111. The average Bonchev–Trinajstić information content (AvgIpc) is 2.91. The van der Waals surface area contributed by atoms with Crippen LogP contribution in [0.2, 0.25) is 0 Å².